The summed E-state index contributed by atoms with van der Waals surface area (Å²) in [5, 5.41) is 14.4. The maximum Gasteiger partial charge on any atom is 0.292 e. The van der Waals surface area contributed by atoms with Crippen LogP contribution in [0.3, 0.4) is 0 Å². The Hall–Kier alpha value is -2.17. The summed E-state index contributed by atoms with van der Waals surface area (Å²) >= 11 is 0. The molecule has 1 aromatic rings. The van der Waals surface area contributed by atoms with Crippen molar-refractivity contribution >= 4 is 11.6 Å². The summed E-state index contributed by atoms with van der Waals surface area (Å²) in [6.45, 7) is 0. The molecule has 0 saturated heterocycles. The summed E-state index contributed by atoms with van der Waals surface area (Å²) in [5.41, 5.74) is 0.711. The van der Waals surface area contributed by atoms with Crippen LogP contribution in [0.2, 0.25) is 0 Å². The molecule has 0 unspecified atom stereocenters. The fourth-order valence-corrected chi connectivity index (χ4v) is 0.921. The second kappa shape index (κ2) is 3.69. The van der Waals surface area contributed by atoms with Gasteiger partial charge < -0.3 is 0 Å². The first-order valence-corrected chi connectivity index (χ1v) is 3.99. The highest BCUT2D eigenvalue weighted by atomic mass is 16.1. The smallest absolute Gasteiger partial charge is 0.266 e. The molecular weight excluding hydrogens is 180 g/mol. The first-order chi connectivity index (χ1) is 6.84. The Kier molecular flexibility index (Phi) is 2.22. The van der Waals surface area contributed by atoms with Crippen molar-refractivity contribution in [2.75, 3.05) is 0 Å². The van der Waals surface area contributed by atoms with Crippen LogP contribution in [0, 0.1) is 0 Å². The molecule has 5 nitrogen and oxygen atoms in total. The molecule has 14 heavy (non-hydrogen) atoms. The van der Waals surface area contributed by atoms with Gasteiger partial charge in [0.25, 0.3) is 5.91 Å². The van der Waals surface area contributed by atoms with Gasteiger partial charge in [-0.3, -0.25) is 4.79 Å². The van der Waals surface area contributed by atoms with E-state index in [1.165, 1.54) is 6.08 Å². The lowest BCUT2D eigenvalue weighted by Gasteiger charge is -1.87. The second-order valence-electron chi connectivity index (χ2n) is 2.58. The lowest BCUT2D eigenvalue weighted by molar-refractivity contribution is -0.113. The number of carbonyl (C=O) groups excluding carboxylic acids is 1. The van der Waals surface area contributed by atoms with Crippen LogP contribution in [0.1, 0.15) is 0 Å². The van der Waals surface area contributed by atoms with Crippen molar-refractivity contribution in [1.82, 2.24) is 0 Å². The lowest BCUT2D eigenvalue weighted by Crippen LogP contribution is -1.76. The summed E-state index contributed by atoms with van der Waals surface area (Å²) < 4.78 is 0. The van der Waals surface area contributed by atoms with Crippen molar-refractivity contribution in [2.24, 2.45) is 20.5 Å². The Bertz CT molecular complexity index is 433. The summed E-state index contributed by atoms with van der Waals surface area (Å²) in [7, 11) is 0. The molecule has 1 amide bonds. The van der Waals surface area contributed by atoms with Crippen molar-refractivity contribution in [1.29, 1.82) is 0 Å². The van der Waals surface area contributed by atoms with Gasteiger partial charge in [-0.2, -0.15) is 0 Å². The molecule has 0 atom stereocenters. The first-order valence-electron chi connectivity index (χ1n) is 3.99. The van der Waals surface area contributed by atoms with Gasteiger partial charge in [-0.05, 0) is 12.1 Å². The SMILES string of the molecule is O=C1C=C(N=Nc2ccccc2)N=N1. The molecule has 0 N–H and O–H groups in total. The van der Waals surface area contributed by atoms with E-state index in [4.69, 9.17) is 0 Å². The molecule has 0 aliphatic carbocycles. The molecule has 1 aliphatic heterocycles. The molecule has 1 heterocycles. The topological polar surface area (TPSA) is 66.5 Å². The van der Waals surface area contributed by atoms with Gasteiger partial charge in [0.05, 0.1) is 11.8 Å². The largest absolute Gasteiger partial charge is 0.292 e. The molecule has 0 spiro atoms. The van der Waals surface area contributed by atoms with E-state index in [2.05, 4.69) is 20.5 Å². The summed E-state index contributed by atoms with van der Waals surface area (Å²) in [4.78, 5) is 10.6. The van der Waals surface area contributed by atoms with Crippen molar-refractivity contribution in [3.8, 4) is 0 Å². The number of azo groups is 2. The Morgan fingerprint density at radius 2 is 1.79 bits per heavy atom. The standard InChI is InChI=1S/C9H6N4O/c14-9-6-8(12-13-9)11-10-7-4-2-1-3-5-7/h1-6H. The van der Waals surface area contributed by atoms with Crippen LogP contribution < -0.4 is 0 Å². The maximum absolute atomic E-state index is 10.6. The number of benzene rings is 1. The monoisotopic (exact) mass is 186 g/mol. The highest BCUT2D eigenvalue weighted by Gasteiger charge is 2.06. The molecule has 2 rings (SSSR count). The Morgan fingerprint density at radius 1 is 1.00 bits per heavy atom. The Balaban J connectivity index is 2.12. The number of amides is 1. The van der Waals surface area contributed by atoms with Gasteiger partial charge in [0.2, 0.25) is 5.82 Å². The van der Waals surface area contributed by atoms with E-state index in [0.717, 1.165) is 0 Å². The zero-order valence-corrected chi connectivity index (χ0v) is 7.16. The van der Waals surface area contributed by atoms with Crippen molar-refractivity contribution in [3.63, 3.8) is 0 Å². The van der Waals surface area contributed by atoms with E-state index in [-0.39, 0.29) is 5.82 Å². The molecule has 0 saturated carbocycles. The molecule has 1 aliphatic rings. The molecule has 0 bridgehead atoms. The average molecular weight is 186 g/mol. The maximum atomic E-state index is 10.6. The van der Waals surface area contributed by atoms with Gasteiger partial charge in [0, 0.05) is 0 Å². The van der Waals surface area contributed by atoms with E-state index in [1.807, 2.05) is 18.2 Å². The Labute approximate surface area is 79.9 Å². The highest BCUT2D eigenvalue weighted by Crippen LogP contribution is 2.15. The number of carbonyl (C=O) groups is 1. The number of nitrogens with zero attached hydrogens (tertiary/aromatic N) is 4. The predicted molar refractivity (Wildman–Crippen MR) is 48.9 cm³/mol. The van der Waals surface area contributed by atoms with Gasteiger partial charge in [0.15, 0.2) is 0 Å². The molecule has 5 heteroatoms. The van der Waals surface area contributed by atoms with E-state index in [0.29, 0.717) is 5.69 Å². The lowest BCUT2D eigenvalue weighted by atomic mass is 10.3. The van der Waals surface area contributed by atoms with E-state index < -0.39 is 5.91 Å². The van der Waals surface area contributed by atoms with Gasteiger partial charge >= 0.3 is 0 Å². The molecule has 0 aromatic heterocycles. The van der Waals surface area contributed by atoms with E-state index in [9.17, 15) is 4.79 Å². The molecule has 68 valence electrons. The van der Waals surface area contributed by atoms with Crippen LogP contribution in [-0.4, -0.2) is 5.91 Å². The van der Waals surface area contributed by atoms with Crippen LogP contribution in [0.5, 0.6) is 0 Å². The zero-order valence-electron chi connectivity index (χ0n) is 7.16. The van der Waals surface area contributed by atoms with Crippen LogP contribution in [0.4, 0.5) is 5.69 Å². The summed E-state index contributed by atoms with van der Waals surface area (Å²) in [5.74, 6) is -0.161. The fraction of sp³-hybridized carbons (Fsp3) is 0. The van der Waals surface area contributed by atoms with Gasteiger partial charge in [-0.15, -0.1) is 20.5 Å². The first kappa shape index (κ1) is 8.43. The van der Waals surface area contributed by atoms with Gasteiger partial charge in [0.1, 0.15) is 0 Å². The van der Waals surface area contributed by atoms with E-state index >= 15 is 0 Å². The molecule has 0 radical (unpaired) electrons. The third kappa shape index (κ3) is 1.95. The van der Waals surface area contributed by atoms with Crippen LogP contribution in [0.15, 0.2) is 62.7 Å². The Morgan fingerprint density at radius 3 is 2.43 bits per heavy atom. The molecule has 0 fully saturated rings. The number of rotatable bonds is 2. The molecular formula is C9H6N4O. The summed E-state index contributed by atoms with van der Waals surface area (Å²) in [6.07, 6.45) is 1.23. The minimum atomic E-state index is -0.396. The van der Waals surface area contributed by atoms with Crippen molar-refractivity contribution in [2.45, 2.75) is 0 Å². The second-order valence-corrected chi connectivity index (χ2v) is 2.58. The minimum absolute atomic E-state index is 0.235. The fourth-order valence-electron chi connectivity index (χ4n) is 0.921. The number of hydrogen-bond acceptors (Lipinski definition) is 4. The van der Waals surface area contributed by atoms with Gasteiger partial charge in [-0.25, -0.2) is 0 Å². The zero-order chi connectivity index (χ0) is 9.80. The highest BCUT2D eigenvalue weighted by molar-refractivity contribution is 5.90. The van der Waals surface area contributed by atoms with Crippen molar-refractivity contribution in [3.05, 3.63) is 42.2 Å². The quantitative estimate of drug-likeness (QED) is 0.654. The third-order valence-electron chi connectivity index (χ3n) is 1.53. The van der Waals surface area contributed by atoms with E-state index in [1.54, 1.807) is 12.1 Å². The average Bonchev–Trinajstić information content (AvgIpc) is 2.63. The van der Waals surface area contributed by atoms with Crippen LogP contribution >= 0.6 is 0 Å². The van der Waals surface area contributed by atoms with Crippen molar-refractivity contribution < 1.29 is 4.79 Å². The van der Waals surface area contributed by atoms with Gasteiger partial charge in [-0.1, -0.05) is 18.2 Å². The van der Waals surface area contributed by atoms with Crippen LogP contribution in [-0.2, 0) is 4.79 Å². The molecule has 1 aromatic carbocycles. The number of hydrogen-bond donors (Lipinski definition) is 0. The minimum Gasteiger partial charge on any atom is -0.266 e. The predicted octanol–water partition coefficient (Wildman–Crippen LogP) is 2.60. The normalized spacial score (nSPS) is 15.1. The van der Waals surface area contributed by atoms with Crippen LogP contribution in [0.25, 0.3) is 0 Å². The summed E-state index contributed by atoms with van der Waals surface area (Å²) in [6, 6.07) is 9.20. The third-order valence-corrected chi connectivity index (χ3v) is 1.53.